The maximum Gasteiger partial charge on any atom is 0.416 e. The van der Waals surface area contributed by atoms with Gasteiger partial charge in [-0.05, 0) is 32.0 Å². The lowest BCUT2D eigenvalue weighted by Crippen LogP contribution is -2.10. The average molecular weight is 284 g/mol. The van der Waals surface area contributed by atoms with Crippen LogP contribution in [0.1, 0.15) is 19.4 Å². The summed E-state index contributed by atoms with van der Waals surface area (Å²) in [5.74, 6) is 0.209. The van der Waals surface area contributed by atoms with Gasteiger partial charge in [-0.15, -0.1) is 0 Å². The van der Waals surface area contributed by atoms with Crippen LogP contribution in [0.15, 0.2) is 24.4 Å². The van der Waals surface area contributed by atoms with E-state index in [2.05, 4.69) is 15.4 Å². The van der Waals surface area contributed by atoms with Gasteiger partial charge < -0.3 is 5.32 Å². The van der Waals surface area contributed by atoms with E-state index in [1.807, 2.05) is 6.92 Å². The minimum Gasteiger partial charge on any atom is -0.370 e. The van der Waals surface area contributed by atoms with Crippen molar-refractivity contribution in [1.82, 2.24) is 14.8 Å². The van der Waals surface area contributed by atoms with E-state index in [1.54, 1.807) is 23.9 Å². The number of pyridine rings is 1. The van der Waals surface area contributed by atoms with Crippen molar-refractivity contribution in [3.63, 3.8) is 0 Å². The number of aromatic nitrogens is 3. The maximum absolute atomic E-state index is 12.9. The fourth-order valence-corrected chi connectivity index (χ4v) is 1.90. The van der Waals surface area contributed by atoms with Crippen molar-refractivity contribution < 1.29 is 13.2 Å². The molecule has 0 bridgehead atoms. The molecule has 2 rings (SSSR count). The Morgan fingerprint density at radius 1 is 1.25 bits per heavy atom. The lowest BCUT2D eigenvalue weighted by atomic mass is 10.1. The highest BCUT2D eigenvalue weighted by Gasteiger charge is 2.32. The van der Waals surface area contributed by atoms with Gasteiger partial charge in [0.25, 0.3) is 0 Å². The lowest BCUT2D eigenvalue weighted by molar-refractivity contribution is -0.137. The van der Waals surface area contributed by atoms with Gasteiger partial charge in [-0.1, -0.05) is 0 Å². The van der Waals surface area contributed by atoms with Gasteiger partial charge in [0.05, 0.1) is 17.0 Å². The number of anilines is 1. The van der Waals surface area contributed by atoms with Gasteiger partial charge in [0.15, 0.2) is 0 Å². The summed E-state index contributed by atoms with van der Waals surface area (Å²) >= 11 is 0. The Bertz CT molecular complexity index is 590. The number of aryl methyl sites for hydroxylation is 1. The molecule has 0 aliphatic rings. The molecule has 0 saturated carbocycles. The molecule has 0 atom stereocenters. The van der Waals surface area contributed by atoms with Gasteiger partial charge in [-0.25, -0.2) is 4.98 Å². The molecule has 1 N–H and O–H groups in total. The summed E-state index contributed by atoms with van der Waals surface area (Å²) in [6.45, 7) is 4.74. The molecule has 0 unspecified atom stereocenters. The Balaban J connectivity index is 2.55. The highest BCUT2D eigenvalue weighted by molar-refractivity contribution is 5.59. The Morgan fingerprint density at radius 3 is 2.60 bits per heavy atom. The second-order valence-corrected chi connectivity index (χ2v) is 4.19. The van der Waals surface area contributed by atoms with Crippen LogP contribution in [0.2, 0.25) is 0 Å². The Morgan fingerprint density at radius 2 is 2.00 bits per heavy atom. The molecule has 0 spiro atoms. The third kappa shape index (κ3) is 2.92. The number of alkyl halides is 3. The Hall–Kier alpha value is -2.05. The zero-order valence-corrected chi connectivity index (χ0v) is 11.2. The zero-order chi connectivity index (χ0) is 14.8. The molecular weight excluding hydrogens is 269 g/mol. The van der Waals surface area contributed by atoms with Crippen molar-refractivity contribution in [2.45, 2.75) is 26.6 Å². The van der Waals surface area contributed by atoms with E-state index >= 15 is 0 Å². The predicted molar refractivity (Wildman–Crippen MR) is 70.3 cm³/mol. The third-order valence-electron chi connectivity index (χ3n) is 2.79. The molecule has 7 heteroatoms. The number of hydrogen-bond donors (Lipinski definition) is 1. The van der Waals surface area contributed by atoms with E-state index < -0.39 is 11.7 Å². The van der Waals surface area contributed by atoms with E-state index in [9.17, 15) is 13.2 Å². The Labute approximate surface area is 114 Å². The van der Waals surface area contributed by atoms with Gasteiger partial charge in [0, 0.05) is 19.3 Å². The molecular formula is C13H15F3N4. The monoisotopic (exact) mass is 284 g/mol. The molecule has 0 amide bonds. The summed E-state index contributed by atoms with van der Waals surface area (Å²) in [6, 6.07) is 3.71. The first-order valence-corrected chi connectivity index (χ1v) is 6.31. The molecule has 2 aromatic heterocycles. The molecule has 2 heterocycles. The SMILES string of the molecule is CCNc1cc(C(F)(F)F)cc(-c2ccnn2CC)n1. The highest BCUT2D eigenvalue weighted by Crippen LogP contribution is 2.33. The van der Waals surface area contributed by atoms with Gasteiger partial charge in [-0.2, -0.15) is 18.3 Å². The molecule has 2 aromatic rings. The average Bonchev–Trinajstić information content (AvgIpc) is 2.86. The van der Waals surface area contributed by atoms with Gasteiger partial charge >= 0.3 is 6.18 Å². The highest BCUT2D eigenvalue weighted by atomic mass is 19.4. The van der Waals surface area contributed by atoms with Gasteiger partial charge in [0.2, 0.25) is 0 Å². The zero-order valence-electron chi connectivity index (χ0n) is 11.2. The third-order valence-corrected chi connectivity index (χ3v) is 2.79. The van der Waals surface area contributed by atoms with Crippen LogP contribution >= 0.6 is 0 Å². The summed E-state index contributed by atoms with van der Waals surface area (Å²) < 4.78 is 40.4. The first-order valence-electron chi connectivity index (χ1n) is 6.31. The number of rotatable bonds is 4. The second kappa shape index (κ2) is 5.52. The van der Waals surface area contributed by atoms with Crippen LogP contribution in [0.25, 0.3) is 11.4 Å². The molecule has 0 aliphatic carbocycles. The molecule has 108 valence electrons. The molecule has 0 aromatic carbocycles. The normalized spacial score (nSPS) is 11.7. The number of halogens is 3. The lowest BCUT2D eigenvalue weighted by Gasteiger charge is -2.12. The van der Waals surface area contributed by atoms with Crippen LogP contribution in [-0.2, 0) is 12.7 Å². The second-order valence-electron chi connectivity index (χ2n) is 4.19. The van der Waals surface area contributed by atoms with Crippen LogP contribution in [0.3, 0.4) is 0 Å². The standard InChI is InChI=1S/C13H15F3N4/c1-3-17-12-8-9(13(14,15)16)7-10(19-12)11-5-6-18-20(11)4-2/h5-8H,3-4H2,1-2H3,(H,17,19). The summed E-state index contributed by atoms with van der Waals surface area (Å²) in [6.07, 6.45) is -2.85. The van der Waals surface area contributed by atoms with Crippen LogP contribution in [0.4, 0.5) is 19.0 Å². The topological polar surface area (TPSA) is 42.7 Å². The first kappa shape index (κ1) is 14.4. The number of hydrogen-bond acceptors (Lipinski definition) is 3. The van der Waals surface area contributed by atoms with E-state index in [0.29, 0.717) is 18.8 Å². The smallest absolute Gasteiger partial charge is 0.370 e. The predicted octanol–water partition coefficient (Wildman–Crippen LogP) is 3.42. The van der Waals surface area contributed by atoms with Crippen molar-refractivity contribution in [3.8, 4) is 11.4 Å². The van der Waals surface area contributed by atoms with Crippen LogP contribution in [-0.4, -0.2) is 21.3 Å². The molecule has 0 saturated heterocycles. The summed E-state index contributed by atoms with van der Waals surface area (Å²) in [5, 5.41) is 6.87. The summed E-state index contributed by atoms with van der Waals surface area (Å²) in [4.78, 5) is 4.22. The minimum atomic E-state index is -4.40. The van der Waals surface area contributed by atoms with Crippen LogP contribution < -0.4 is 5.32 Å². The quantitative estimate of drug-likeness (QED) is 0.935. The van der Waals surface area contributed by atoms with Crippen molar-refractivity contribution in [2.75, 3.05) is 11.9 Å². The molecule has 20 heavy (non-hydrogen) atoms. The fraction of sp³-hybridized carbons (Fsp3) is 0.385. The first-order chi connectivity index (χ1) is 9.45. The summed E-state index contributed by atoms with van der Waals surface area (Å²) in [5.41, 5.74) is 0.107. The molecule has 0 aliphatic heterocycles. The van der Waals surface area contributed by atoms with Crippen molar-refractivity contribution >= 4 is 5.82 Å². The van der Waals surface area contributed by atoms with Crippen molar-refractivity contribution in [1.29, 1.82) is 0 Å². The molecule has 4 nitrogen and oxygen atoms in total. The van der Waals surface area contributed by atoms with Gasteiger partial charge in [0.1, 0.15) is 5.82 Å². The van der Waals surface area contributed by atoms with E-state index in [0.717, 1.165) is 12.1 Å². The number of nitrogens with zero attached hydrogens (tertiary/aromatic N) is 3. The molecule has 0 radical (unpaired) electrons. The largest absolute Gasteiger partial charge is 0.416 e. The van der Waals surface area contributed by atoms with Crippen LogP contribution in [0, 0.1) is 0 Å². The fourth-order valence-electron chi connectivity index (χ4n) is 1.90. The van der Waals surface area contributed by atoms with Crippen molar-refractivity contribution in [2.24, 2.45) is 0 Å². The molecule has 0 fully saturated rings. The summed E-state index contributed by atoms with van der Waals surface area (Å²) in [7, 11) is 0. The Kier molecular flexibility index (Phi) is 3.96. The van der Waals surface area contributed by atoms with E-state index in [4.69, 9.17) is 0 Å². The minimum absolute atomic E-state index is 0.209. The maximum atomic E-state index is 12.9. The van der Waals surface area contributed by atoms with Crippen molar-refractivity contribution in [3.05, 3.63) is 30.0 Å². The van der Waals surface area contributed by atoms with Gasteiger partial charge in [-0.3, -0.25) is 4.68 Å². The van der Waals surface area contributed by atoms with E-state index in [-0.39, 0.29) is 11.5 Å². The van der Waals surface area contributed by atoms with E-state index in [1.165, 1.54) is 0 Å². The number of nitrogens with one attached hydrogen (secondary N) is 1. The van der Waals surface area contributed by atoms with Crippen LogP contribution in [0.5, 0.6) is 0 Å².